The van der Waals surface area contributed by atoms with Gasteiger partial charge in [0.2, 0.25) is 0 Å². The second-order valence-corrected chi connectivity index (χ2v) is 4.12. The molecule has 2 rings (SSSR count). The first-order valence-electron chi connectivity index (χ1n) is 5.51. The average molecular weight is 231 g/mol. The van der Waals surface area contributed by atoms with Crippen LogP contribution < -0.4 is 10.5 Å². The number of hydrogen-bond acceptors (Lipinski definition) is 3. The van der Waals surface area contributed by atoms with Crippen LogP contribution in [0.25, 0.3) is 0 Å². The molecule has 1 unspecified atom stereocenters. The Hall–Kier alpha value is -1.81. The molecule has 0 aliphatic carbocycles. The highest BCUT2D eigenvalue weighted by Crippen LogP contribution is 2.28. The molecular formula is C13H17N3O. The number of aromatic nitrogens is 2. The number of benzene rings is 1. The molecule has 0 saturated carbocycles. The second kappa shape index (κ2) is 4.59. The van der Waals surface area contributed by atoms with Crippen LogP contribution in [0.5, 0.6) is 5.75 Å². The Bertz CT molecular complexity index is 519. The summed E-state index contributed by atoms with van der Waals surface area (Å²) in [6, 6.07) is 5.71. The number of rotatable bonds is 3. The molecule has 1 heterocycles. The number of nitrogens with two attached hydrogens (primary N) is 1. The van der Waals surface area contributed by atoms with Crippen molar-refractivity contribution >= 4 is 0 Å². The van der Waals surface area contributed by atoms with E-state index in [1.165, 1.54) is 0 Å². The number of nitrogens with zero attached hydrogens (tertiary/aromatic N) is 2. The zero-order chi connectivity index (χ0) is 12.4. The predicted octanol–water partition coefficient (Wildman–Crippen LogP) is 1.79. The van der Waals surface area contributed by atoms with Crippen LogP contribution in [0.15, 0.2) is 30.6 Å². The molecule has 0 saturated heterocycles. The van der Waals surface area contributed by atoms with Crippen LogP contribution in [0.2, 0.25) is 0 Å². The fraction of sp³-hybridized carbons (Fsp3) is 0.308. The van der Waals surface area contributed by atoms with E-state index in [0.29, 0.717) is 0 Å². The molecule has 1 aromatic heterocycles. The lowest BCUT2D eigenvalue weighted by Gasteiger charge is -2.16. The van der Waals surface area contributed by atoms with Gasteiger partial charge in [0.25, 0.3) is 0 Å². The number of hydrogen-bond donors (Lipinski definition) is 1. The second-order valence-electron chi connectivity index (χ2n) is 4.12. The van der Waals surface area contributed by atoms with Gasteiger partial charge >= 0.3 is 0 Å². The molecule has 0 spiro atoms. The Balaban J connectivity index is 2.46. The van der Waals surface area contributed by atoms with Crippen molar-refractivity contribution in [2.24, 2.45) is 12.8 Å². The fourth-order valence-electron chi connectivity index (χ4n) is 1.91. The Morgan fingerprint density at radius 3 is 2.76 bits per heavy atom. The summed E-state index contributed by atoms with van der Waals surface area (Å²) in [6.07, 6.45) is 3.63. The maximum atomic E-state index is 6.24. The SMILES string of the molecule is COc1ccc(C)cc1C(N)c1nccn1C. The largest absolute Gasteiger partial charge is 0.496 e. The topological polar surface area (TPSA) is 53.1 Å². The molecular weight excluding hydrogens is 214 g/mol. The van der Waals surface area contributed by atoms with Crippen molar-refractivity contribution in [1.82, 2.24) is 9.55 Å². The van der Waals surface area contributed by atoms with Crippen LogP contribution in [0.4, 0.5) is 0 Å². The Labute approximate surface area is 101 Å². The molecule has 0 bridgehead atoms. The summed E-state index contributed by atoms with van der Waals surface area (Å²) in [6.45, 7) is 2.04. The number of imidazole rings is 1. The highest BCUT2D eigenvalue weighted by molar-refractivity contribution is 5.41. The fourth-order valence-corrected chi connectivity index (χ4v) is 1.91. The van der Waals surface area contributed by atoms with E-state index in [2.05, 4.69) is 4.98 Å². The molecule has 4 heteroatoms. The molecule has 90 valence electrons. The smallest absolute Gasteiger partial charge is 0.130 e. The molecule has 0 aliphatic rings. The first-order valence-corrected chi connectivity index (χ1v) is 5.51. The van der Waals surface area contributed by atoms with Crippen molar-refractivity contribution in [2.75, 3.05) is 7.11 Å². The lowest BCUT2D eigenvalue weighted by Crippen LogP contribution is -2.17. The molecule has 0 fully saturated rings. The van der Waals surface area contributed by atoms with Gasteiger partial charge in [-0.25, -0.2) is 4.98 Å². The van der Waals surface area contributed by atoms with E-state index in [4.69, 9.17) is 10.5 Å². The van der Waals surface area contributed by atoms with Crippen molar-refractivity contribution in [2.45, 2.75) is 13.0 Å². The van der Waals surface area contributed by atoms with Crippen LogP contribution in [-0.4, -0.2) is 16.7 Å². The van der Waals surface area contributed by atoms with Gasteiger partial charge in [-0.15, -0.1) is 0 Å². The number of methoxy groups -OCH3 is 1. The zero-order valence-corrected chi connectivity index (χ0v) is 10.3. The highest BCUT2D eigenvalue weighted by Gasteiger charge is 2.17. The molecule has 0 radical (unpaired) electrons. The molecule has 2 aromatic rings. The molecule has 2 N–H and O–H groups in total. The van der Waals surface area contributed by atoms with E-state index in [1.54, 1.807) is 13.3 Å². The van der Waals surface area contributed by atoms with Crippen LogP contribution in [0.1, 0.15) is 23.0 Å². The summed E-state index contributed by atoms with van der Waals surface area (Å²) in [5, 5.41) is 0. The molecule has 1 atom stereocenters. The lowest BCUT2D eigenvalue weighted by molar-refractivity contribution is 0.407. The highest BCUT2D eigenvalue weighted by atomic mass is 16.5. The van der Waals surface area contributed by atoms with Gasteiger partial charge in [0.05, 0.1) is 13.2 Å². The molecule has 17 heavy (non-hydrogen) atoms. The van der Waals surface area contributed by atoms with Gasteiger partial charge in [0.15, 0.2) is 0 Å². The standard InChI is InChI=1S/C13H17N3O/c1-9-4-5-11(17-3)10(8-9)12(14)13-15-6-7-16(13)2/h4-8,12H,14H2,1-3H3. The monoisotopic (exact) mass is 231 g/mol. The van der Waals surface area contributed by atoms with Gasteiger partial charge in [0, 0.05) is 25.0 Å². The van der Waals surface area contributed by atoms with Gasteiger partial charge in [-0.05, 0) is 13.0 Å². The van der Waals surface area contributed by atoms with Crippen LogP contribution in [-0.2, 0) is 7.05 Å². The molecule has 4 nitrogen and oxygen atoms in total. The summed E-state index contributed by atoms with van der Waals surface area (Å²) in [7, 11) is 3.59. The average Bonchev–Trinajstić information content (AvgIpc) is 2.74. The third kappa shape index (κ3) is 2.17. The zero-order valence-electron chi connectivity index (χ0n) is 10.3. The first kappa shape index (κ1) is 11.7. The van der Waals surface area contributed by atoms with Gasteiger partial charge in [-0.1, -0.05) is 17.7 Å². The van der Waals surface area contributed by atoms with E-state index in [0.717, 1.165) is 22.7 Å². The maximum absolute atomic E-state index is 6.24. The summed E-state index contributed by atoms with van der Waals surface area (Å²) in [5.41, 5.74) is 8.36. The minimum atomic E-state index is -0.273. The predicted molar refractivity (Wildman–Crippen MR) is 67.0 cm³/mol. The van der Waals surface area contributed by atoms with Gasteiger partial charge < -0.3 is 15.0 Å². The van der Waals surface area contributed by atoms with E-state index >= 15 is 0 Å². The van der Waals surface area contributed by atoms with Crippen LogP contribution in [0.3, 0.4) is 0 Å². The maximum Gasteiger partial charge on any atom is 0.130 e. The number of ether oxygens (including phenoxy) is 1. The van der Waals surface area contributed by atoms with E-state index < -0.39 is 0 Å². The summed E-state index contributed by atoms with van der Waals surface area (Å²) < 4.78 is 7.27. The van der Waals surface area contributed by atoms with E-state index in [9.17, 15) is 0 Å². The third-order valence-corrected chi connectivity index (χ3v) is 2.86. The van der Waals surface area contributed by atoms with Crippen molar-refractivity contribution in [1.29, 1.82) is 0 Å². The van der Waals surface area contributed by atoms with Gasteiger partial charge in [-0.2, -0.15) is 0 Å². The molecule has 1 aromatic carbocycles. The molecule has 0 amide bonds. The first-order chi connectivity index (χ1) is 8.13. The quantitative estimate of drug-likeness (QED) is 0.876. The van der Waals surface area contributed by atoms with E-state index in [-0.39, 0.29) is 6.04 Å². The Morgan fingerprint density at radius 2 is 2.18 bits per heavy atom. The van der Waals surface area contributed by atoms with Crippen molar-refractivity contribution < 1.29 is 4.74 Å². The summed E-state index contributed by atoms with van der Waals surface area (Å²) in [5.74, 6) is 1.63. The third-order valence-electron chi connectivity index (χ3n) is 2.86. The van der Waals surface area contributed by atoms with Crippen LogP contribution in [0, 0.1) is 6.92 Å². The summed E-state index contributed by atoms with van der Waals surface area (Å²) >= 11 is 0. The summed E-state index contributed by atoms with van der Waals surface area (Å²) in [4.78, 5) is 4.28. The normalized spacial score (nSPS) is 12.5. The lowest BCUT2D eigenvalue weighted by atomic mass is 10.0. The van der Waals surface area contributed by atoms with Crippen molar-refractivity contribution in [3.63, 3.8) is 0 Å². The Kier molecular flexibility index (Phi) is 3.15. The van der Waals surface area contributed by atoms with Gasteiger partial charge in [-0.3, -0.25) is 0 Å². The minimum Gasteiger partial charge on any atom is -0.496 e. The van der Waals surface area contributed by atoms with E-state index in [1.807, 2.05) is 42.9 Å². The number of aryl methyl sites for hydroxylation is 2. The Morgan fingerprint density at radius 1 is 1.41 bits per heavy atom. The van der Waals surface area contributed by atoms with Crippen molar-refractivity contribution in [3.8, 4) is 5.75 Å². The molecule has 0 aliphatic heterocycles. The van der Waals surface area contributed by atoms with Crippen molar-refractivity contribution in [3.05, 3.63) is 47.5 Å². The van der Waals surface area contributed by atoms with Crippen LogP contribution >= 0.6 is 0 Å². The van der Waals surface area contributed by atoms with Gasteiger partial charge in [0.1, 0.15) is 11.6 Å². The minimum absolute atomic E-state index is 0.273.